The van der Waals surface area contributed by atoms with Crippen LogP contribution >= 0.6 is 22.9 Å². The minimum absolute atomic E-state index is 0.0927. The summed E-state index contributed by atoms with van der Waals surface area (Å²) in [4.78, 5) is 56.1. The van der Waals surface area contributed by atoms with E-state index in [-0.39, 0.29) is 28.2 Å². The number of carbonyl (C=O) groups is 4. The van der Waals surface area contributed by atoms with Crippen molar-refractivity contribution in [2.75, 3.05) is 28.7 Å². The number of ether oxygens (including phenoxy) is 2. The fourth-order valence-electron chi connectivity index (χ4n) is 3.60. The molecule has 12 heteroatoms. The third kappa shape index (κ3) is 5.38. The summed E-state index contributed by atoms with van der Waals surface area (Å²) in [6.45, 7) is 5.75. The minimum atomic E-state index is -0.678. The number of hydrogen-bond donors (Lipinski definition) is 2. The molecule has 2 heterocycles. The molecule has 3 aromatic rings. The van der Waals surface area contributed by atoms with Crippen molar-refractivity contribution in [3.8, 4) is 5.75 Å². The molecule has 38 heavy (non-hydrogen) atoms. The topological polar surface area (TPSA) is 127 Å². The number of rotatable bonds is 9. The summed E-state index contributed by atoms with van der Waals surface area (Å²) in [6, 6.07) is 12.9. The summed E-state index contributed by atoms with van der Waals surface area (Å²) in [6.07, 6.45) is 0. The summed E-state index contributed by atoms with van der Waals surface area (Å²) in [5, 5.41) is 5.53. The third-order valence-electron chi connectivity index (χ3n) is 5.33. The Hall–Kier alpha value is -4.22. The summed E-state index contributed by atoms with van der Waals surface area (Å²) < 4.78 is 10.5. The second-order valence-electron chi connectivity index (χ2n) is 7.85. The number of imide groups is 1. The van der Waals surface area contributed by atoms with Crippen LogP contribution in [0.3, 0.4) is 0 Å². The molecule has 2 aromatic carbocycles. The first-order valence-corrected chi connectivity index (χ1v) is 12.8. The highest BCUT2D eigenvalue weighted by atomic mass is 35.5. The van der Waals surface area contributed by atoms with Crippen LogP contribution in [0.5, 0.6) is 5.75 Å². The van der Waals surface area contributed by atoms with Crippen LogP contribution in [0.25, 0.3) is 0 Å². The molecule has 0 saturated heterocycles. The van der Waals surface area contributed by atoms with Crippen LogP contribution in [0.1, 0.15) is 39.6 Å². The molecule has 1 aromatic heterocycles. The molecule has 0 saturated carbocycles. The Labute approximate surface area is 227 Å². The van der Waals surface area contributed by atoms with Crippen molar-refractivity contribution in [2.45, 2.75) is 20.8 Å². The average molecular weight is 555 g/mol. The number of aromatic nitrogens is 1. The molecule has 3 amide bonds. The van der Waals surface area contributed by atoms with E-state index in [4.69, 9.17) is 21.1 Å². The molecule has 0 fully saturated rings. The van der Waals surface area contributed by atoms with Gasteiger partial charge in [-0.15, -0.1) is 0 Å². The molecule has 196 valence electrons. The fraction of sp³-hybridized carbons (Fsp3) is 0.192. The molecule has 0 unspecified atom stereocenters. The Morgan fingerprint density at radius 1 is 1.03 bits per heavy atom. The lowest BCUT2D eigenvalue weighted by molar-refractivity contribution is -0.120. The Bertz CT molecular complexity index is 1450. The van der Waals surface area contributed by atoms with E-state index in [1.54, 1.807) is 57.2 Å². The first-order valence-electron chi connectivity index (χ1n) is 11.6. The Balaban J connectivity index is 1.46. The third-order valence-corrected chi connectivity index (χ3v) is 6.73. The Morgan fingerprint density at radius 3 is 2.42 bits per heavy atom. The van der Waals surface area contributed by atoms with Gasteiger partial charge in [0.2, 0.25) is 0 Å². The first kappa shape index (κ1) is 26.8. The molecule has 10 nitrogen and oxygen atoms in total. The van der Waals surface area contributed by atoms with E-state index in [0.717, 1.165) is 16.2 Å². The van der Waals surface area contributed by atoms with E-state index < -0.39 is 23.7 Å². The van der Waals surface area contributed by atoms with Gasteiger partial charge in [-0.3, -0.25) is 19.7 Å². The van der Waals surface area contributed by atoms with E-state index >= 15 is 0 Å². The van der Waals surface area contributed by atoms with Crippen molar-refractivity contribution in [1.82, 2.24) is 4.98 Å². The van der Waals surface area contributed by atoms with Crippen molar-refractivity contribution in [2.24, 2.45) is 0 Å². The van der Waals surface area contributed by atoms with Crippen LogP contribution in [-0.4, -0.2) is 41.9 Å². The number of nitrogens with zero attached hydrogens (tertiary/aromatic N) is 2. The average Bonchev–Trinajstić information content (AvgIpc) is 3.37. The number of thiazole rings is 1. The van der Waals surface area contributed by atoms with Gasteiger partial charge in [-0.05, 0) is 57.2 Å². The molecule has 0 aliphatic carbocycles. The maximum absolute atomic E-state index is 13.1. The molecular formula is C26H23ClN4O6S. The Kier molecular flexibility index (Phi) is 8.08. The molecule has 0 bridgehead atoms. The van der Waals surface area contributed by atoms with Crippen LogP contribution in [0, 0.1) is 6.92 Å². The quantitative estimate of drug-likeness (QED) is 0.287. The van der Waals surface area contributed by atoms with Gasteiger partial charge in [0.25, 0.3) is 17.7 Å². The van der Waals surface area contributed by atoms with E-state index in [2.05, 4.69) is 15.6 Å². The lowest BCUT2D eigenvalue weighted by atomic mass is 10.2. The van der Waals surface area contributed by atoms with E-state index in [1.165, 1.54) is 12.1 Å². The standard InChI is InChI=1S/C26H23ClN4O6S/c1-4-36-18-9-7-6-8-17(18)31-23(33)19(27)20(24(31)34)29-16-12-10-15(11-13-16)22(32)30-26-28-14(3)21(38-26)25(35)37-5-2/h6-13,29H,4-5H2,1-3H3,(H,28,30,32). The van der Waals surface area contributed by atoms with Crippen LogP contribution in [0.2, 0.25) is 0 Å². The predicted molar refractivity (Wildman–Crippen MR) is 144 cm³/mol. The van der Waals surface area contributed by atoms with Crippen molar-refractivity contribution >= 4 is 63.1 Å². The smallest absolute Gasteiger partial charge is 0.350 e. The molecule has 1 aliphatic heterocycles. The van der Waals surface area contributed by atoms with E-state index in [0.29, 0.717) is 34.2 Å². The zero-order valence-corrected chi connectivity index (χ0v) is 22.2. The SMILES string of the molecule is CCOC(=O)c1sc(NC(=O)c2ccc(NC3=C(Cl)C(=O)N(c4ccccc4OCC)C3=O)cc2)nc1C. The number of carbonyl (C=O) groups excluding carboxylic acids is 4. The summed E-state index contributed by atoms with van der Waals surface area (Å²) in [5.41, 5.74) is 1.40. The summed E-state index contributed by atoms with van der Waals surface area (Å²) in [5.74, 6) is -1.87. The first-order chi connectivity index (χ1) is 18.2. The lowest BCUT2D eigenvalue weighted by Gasteiger charge is -2.18. The second-order valence-corrected chi connectivity index (χ2v) is 9.22. The number of nitrogens with one attached hydrogen (secondary N) is 2. The predicted octanol–water partition coefficient (Wildman–Crippen LogP) is 4.71. The van der Waals surface area contributed by atoms with Gasteiger partial charge in [-0.25, -0.2) is 14.7 Å². The van der Waals surface area contributed by atoms with Crippen LogP contribution in [0.4, 0.5) is 16.5 Å². The largest absolute Gasteiger partial charge is 0.492 e. The zero-order chi connectivity index (χ0) is 27.4. The highest BCUT2D eigenvalue weighted by Crippen LogP contribution is 2.35. The number of para-hydroxylation sites is 2. The van der Waals surface area contributed by atoms with Gasteiger partial charge in [0.1, 0.15) is 21.4 Å². The molecule has 0 radical (unpaired) electrons. The summed E-state index contributed by atoms with van der Waals surface area (Å²) >= 11 is 7.26. The van der Waals surface area contributed by atoms with E-state index in [9.17, 15) is 19.2 Å². The lowest BCUT2D eigenvalue weighted by Crippen LogP contribution is -2.32. The van der Waals surface area contributed by atoms with Gasteiger partial charge in [0.15, 0.2) is 5.13 Å². The number of benzene rings is 2. The molecule has 0 spiro atoms. The van der Waals surface area contributed by atoms with Gasteiger partial charge in [0, 0.05) is 11.3 Å². The van der Waals surface area contributed by atoms with Crippen molar-refractivity contribution in [1.29, 1.82) is 0 Å². The summed E-state index contributed by atoms with van der Waals surface area (Å²) in [7, 11) is 0. The van der Waals surface area contributed by atoms with Gasteiger partial charge < -0.3 is 14.8 Å². The fourth-order valence-corrected chi connectivity index (χ4v) is 4.67. The van der Waals surface area contributed by atoms with Crippen molar-refractivity contribution in [3.63, 3.8) is 0 Å². The Morgan fingerprint density at radius 2 is 1.74 bits per heavy atom. The number of anilines is 3. The second kappa shape index (κ2) is 11.4. The number of hydrogen-bond acceptors (Lipinski definition) is 9. The zero-order valence-electron chi connectivity index (χ0n) is 20.7. The van der Waals surface area contributed by atoms with Crippen LogP contribution in [-0.2, 0) is 14.3 Å². The highest BCUT2D eigenvalue weighted by Gasteiger charge is 2.40. The van der Waals surface area contributed by atoms with Crippen molar-refractivity contribution in [3.05, 3.63) is 75.4 Å². The van der Waals surface area contributed by atoms with Gasteiger partial charge in [-0.1, -0.05) is 35.1 Å². The van der Waals surface area contributed by atoms with E-state index in [1.807, 2.05) is 0 Å². The van der Waals surface area contributed by atoms with Gasteiger partial charge in [0.05, 0.1) is 24.6 Å². The minimum Gasteiger partial charge on any atom is -0.492 e. The molecular weight excluding hydrogens is 532 g/mol. The van der Waals surface area contributed by atoms with Gasteiger partial charge >= 0.3 is 5.97 Å². The van der Waals surface area contributed by atoms with Gasteiger partial charge in [-0.2, -0.15) is 0 Å². The normalized spacial score (nSPS) is 13.1. The maximum atomic E-state index is 13.1. The number of amides is 3. The highest BCUT2D eigenvalue weighted by molar-refractivity contribution is 7.17. The molecule has 2 N–H and O–H groups in total. The monoisotopic (exact) mass is 554 g/mol. The van der Waals surface area contributed by atoms with Crippen LogP contribution in [0.15, 0.2) is 59.3 Å². The number of halogens is 1. The number of aryl methyl sites for hydroxylation is 1. The molecule has 1 aliphatic rings. The van der Waals surface area contributed by atoms with Crippen LogP contribution < -0.4 is 20.3 Å². The number of esters is 1. The molecule has 0 atom stereocenters. The maximum Gasteiger partial charge on any atom is 0.350 e. The molecule has 4 rings (SSSR count). The van der Waals surface area contributed by atoms with Crippen molar-refractivity contribution < 1.29 is 28.7 Å².